The van der Waals surface area contributed by atoms with Gasteiger partial charge in [0.05, 0.1) is 15.7 Å². The standard InChI is InChI=1S/C19H18IN5O3S2/c1-3-28-18(27)12-9-14(11-7-5-4-6-8-11)30-17(12)21-19(29)23-22-16(26)15-13(20)10-25(2)24-15/h4-10H,3H2,1-2H3,(H,22,26)(H2,21,23,29). The first-order chi connectivity index (χ1) is 14.4. The number of ether oxygens (including phenoxy) is 1. The first-order valence-corrected chi connectivity index (χ1v) is 11.1. The van der Waals surface area contributed by atoms with Crippen molar-refractivity contribution in [3.8, 4) is 10.4 Å². The summed E-state index contributed by atoms with van der Waals surface area (Å²) < 4.78 is 7.42. The van der Waals surface area contributed by atoms with Gasteiger partial charge >= 0.3 is 5.97 Å². The third-order valence-corrected chi connectivity index (χ3v) is 5.89. The maximum Gasteiger partial charge on any atom is 0.341 e. The highest BCUT2D eigenvalue weighted by Crippen LogP contribution is 2.35. The zero-order chi connectivity index (χ0) is 21.7. The molecule has 30 heavy (non-hydrogen) atoms. The number of rotatable bonds is 5. The maximum atomic E-state index is 12.4. The normalized spacial score (nSPS) is 10.4. The highest BCUT2D eigenvalue weighted by atomic mass is 127. The second kappa shape index (κ2) is 10.00. The van der Waals surface area contributed by atoms with Crippen LogP contribution in [0.1, 0.15) is 27.8 Å². The molecule has 0 aliphatic carbocycles. The molecule has 3 rings (SSSR count). The number of amides is 1. The average Bonchev–Trinajstić information content (AvgIpc) is 3.29. The van der Waals surface area contributed by atoms with Gasteiger partial charge in [0.2, 0.25) is 0 Å². The number of carbonyl (C=O) groups excluding carboxylic acids is 2. The van der Waals surface area contributed by atoms with E-state index in [1.165, 1.54) is 11.3 Å². The van der Waals surface area contributed by atoms with Crippen LogP contribution >= 0.6 is 46.1 Å². The van der Waals surface area contributed by atoms with Crippen molar-refractivity contribution in [2.75, 3.05) is 11.9 Å². The van der Waals surface area contributed by atoms with Crippen molar-refractivity contribution in [1.82, 2.24) is 20.6 Å². The number of benzene rings is 1. The molecule has 2 aromatic heterocycles. The molecule has 0 atom stereocenters. The van der Waals surface area contributed by atoms with Gasteiger partial charge in [-0.15, -0.1) is 11.3 Å². The second-order valence-corrected chi connectivity index (χ2v) is 8.60. The molecule has 156 valence electrons. The van der Waals surface area contributed by atoms with Gasteiger partial charge < -0.3 is 10.1 Å². The summed E-state index contributed by atoms with van der Waals surface area (Å²) in [5.41, 5.74) is 6.76. The average molecular weight is 555 g/mol. The van der Waals surface area contributed by atoms with Gasteiger partial charge in [-0.1, -0.05) is 30.3 Å². The summed E-state index contributed by atoms with van der Waals surface area (Å²) in [7, 11) is 1.73. The third kappa shape index (κ3) is 5.34. The number of hydrogen-bond donors (Lipinski definition) is 3. The van der Waals surface area contributed by atoms with E-state index < -0.39 is 11.9 Å². The Bertz CT molecular complexity index is 1080. The van der Waals surface area contributed by atoms with Crippen LogP contribution in [0.25, 0.3) is 10.4 Å². The minimum atomic E-state index is -0.451. The number of aromatic nitrogens is 2. The van der Waals surface area contributed by atoms with Gasteiger partial charge in [-0.25, -0.2) is 4.79 Å². The second-order valence-electron chi connectivity index (χ2n) is 5.97. The summed E-state index contributed by atoms with van der Waals surface area (Å²) in [6, 6.07) is 11.4. The lowest BCUT2D eigenvalue weighted by molar-refractivity contribution is 0.0528. The first-order valence-electron chi connectivity index (χ1n) is 8.82. The fourth-order valence-corrected chi connectivity index (χ4v) is 4.54. The van der Waals surface area contributed by atoms with Crippen LogP contribution in [0.5, 0.6) is 0 Å². The smallest absolute Gasteiger partial charge is 0.341 e. The largest absolute Gasteiger partial charge is 0.462 e. The lowest BCUT2D eigenvalue weighted by Crippen LogP contribution is -2.44. The Kier molecular flexibility index (Phi) is 7.39. The molecular weight excluding hydrogens is 537 g/mol. The summed E-state index contributed by atoms with van der Waals surface area (Å²) in [6.07, 6.45) is 1.73. The van der Waals surface area contributed by atoms with E-state index in [2.05, 4.69) is 21.3 Å². The molecule has 2 heterocycles. The monoisotopic (exact) mass is 555 g/mol. The molecule has 8 nitrogen and oxygen atoms in total. The minimum absolute atomic E-state index is 0.126. The number of anilines is 1. The van der Waals surface area contributed by atoms with Crippen molar-refractivity contribution >= 4 is 68.1 Å². The molecule has 0 radical (unpaired) electrons. The highest BCUT2D eigenvalue weighted by molar-refractivity contribution is 14.1. The lowest BCUT2D eigenvalue weighted by atomic mass is 10.1. The summed E-state index contributed by atoms with van der Waals surface area (Å²) in [4.78, 5) is 25.5. The Morgan fingerprint density at radius 2 is 2.00 bits per heavy atom. The van der Waals surface area contributed by atoms with Gasteiger partial charge in [-0.3, -0.25) is 20.3 Å². The summed E-state index contributed by atoms with van der Waals surface area (Å²) in [5, 5.41) is 7.71. The van der Waals surface area contributed by atoms with E-state index in [4.69, 9.17) is 17.0 Å². The molecule has 1 aromatic carbocycles. The molecule has 0 unspecified atom stereocenters. The summed E-state index contributed by atoms with van der Waals surface area (Å²) in [5.74, 6) is -0.876. The number of halogens is 1. The molecule has 1 amide bonds. The Morgan fingerprint density at radius 3 is 2.63 bits per heavy atom. The number of hydrogen-bond acceptors (Lipinski definition) is 6. The van der Waals surface area contributed by atoms with Crippen molar-refractivity contribution in [1.29, 1.82) is 0 Å². The molecule has 0 saturated carbocycles. The minimum Gasteiger partial charge on any atom is -0.462 e. The van der Waals surface area contributed by atoms with E-state index in [1.807, 2.05) is 52.9 Å². The molecule has 0 fully saturated rings. The van der Waals surface area contributed by atoms with E-state index in [0.717, 1.165) is 10.4 Å². The molecule has 3 N–H and O–H groups in total. The Hall–Kier alpha value is -2.51. The third-order valence-electron chi connectivity index (χ3n) is 3.80. The van der Waals surface area contributed by atoms with Crippen LogP contribution in [0.2, 0.25) is 0 Å². The van der Waals surface area contributed by atoms with E-state index in [0.29, 0.717) is 14.1 Å². The molecule has 0 bridgehead atoms. The van der Waals surface area contributed by atoms with Crippen LogP contribution in [0.3, 0.4) is 0 Å². The van der Waals surface area contributed by atoms with Crippen molar-refractivity contribution in [2.45, 2.75) is 6.92 Å². The van der Waals surface area contributed by atoms with Crippen molar-refractivity contribution in [2.24, 2.45) is 7.05 Å². The van der Waals surface area contributed by atoms with Crippen molar-refractivity contribution in [3.63, 3.8) is 0 Å². The van der Waals surface area contributed by atoms with Crippen molar-refractivity contribution in [3.05, 3.63) is 57.4 Å². The van der Waals surface area contributed by atoms with Crippen LogP contribution < -0.4 is 16.2 Å². The van der Waals surface area contributed by atoms with Crippen LogP contribution in [-0.4, -0.2) is 33.4 Å². The SMILES string of the molecule is CCOC(=O)c1cc(-c2ccccc2)sc1NC(=S)NNC(=O)c1nn(C)cc1I. The maximum absolute atomic E-state index is 12.4. The van der Waals surface area contributed by atoms with E-state index in [9.17, 15) is 9.59 Å². The number of aryl methyl sites for hydroxylation is 1. The van der Waals surface area contributed by atoms with E-state index >= 15 is 0 Å². The Labute approximate surface area is 196 Å². The lowest BCUT2D eigenvalue weighted by Gasteiger charge is -2.11. The predicted molar refractivity (Wildman–Crippen MR) is 128 cm³/mol. The quantitative estimate of drug-likeness (QED) is 0.192. The van der Waals surface area contributed by atoms with Crippen LogP contribution in [0.15, 0.2) is 42.6 Å². The molecule has 11 heteroatoms. The van der Waals surface area contributed by atoms with Gasteiger partial charge in [-0.2, -0.15) is 5.10 Å². The summed E-state index contributed by atoms with van der Waals surface area (Å²) >= 11 is 8.66. The topological polar surface area (TPSA) is 97.3 Å². The van der Waals surface area contributed by atoms with E-state index in [1.54, 1.807) is 30.9 Å². The number of thiophene rings is 1. The van der Waals surface area contributed by atoms with Gasteiger partial charge in [0, 0.05) is 18.1 Å². The van der Waals surface area contributed by atoms with Gasteiger partial charge in [0.1, 0.15) is 5.00 Å². The fourth-order valence-electron chi connectivity index (χ4n) is 2.51. The zero-order valence-electron chi connectivity index (χ0n) is 16.1. The number of esters is 1. The fraction of sp³-hybridized carbons (Fsp3) is 0.158. The van der Waals surface area contributed by atoms with Gasteiger partial charge in [0.25, 0.3) is 5.91 Å². The molecular formula is C19H18IN5O3S2. The Balaban J connectivity index is 1.73. The van der Waals surface area contributed by atoms with Crippen LogP contribution in [0, 0.1) is 3.57 Å². The number of carbonyl (C=O) groups is 2. The number of nitrogens with zero attached hydrogens (tertiary/aromatic N) is 2. The highest BCUT2D eigenvalue weighted by Gasteiger charge is 2.20. The molecule has 0 saturated heterocycles. The zero-order valence-corrected chi connectivity index (χ0v) is 19.9. The van der Waals surface area contributed by atoms with Crippen LogP contribution in [-0.2, 0) is 11.8 Å². The predicted octanol–water partition coefficient (Wildman–Crippen LogP) is 3.56. The number of nitrogens with one attached hydrogen (secondary N) is 3. The molecule has 3 aromatic rings. The van der Waals surface area contributed by atoms with E-state index in [-0.39, 0.29) is 17.4 Å². The van der Waals surface area contributed by atoms with Crippen LogP contribution in [0.4, 0.5) is 5.00 Å². The number of thiocarbonyl (C=S) groups is 1. The molecule has 0 spiro atoms. The molecule has 0 aliphatic heterocycles. The van der Waals surface area contributed by atoms with Gasteiger partial charge in [-0.05, 0) is 53.4 Å². The Morgan fingerprint density at radius 1 is 1.27 bits per heavy atom. The first kappa shape index (κ1) is 22.2. The summed E-state index contributed by atoms with van der Waals surface area (Å²) in [6.45, 7) is 2.01. The van der Waals surface area contributed by atoms with Gasteiger partial charge in [0.15, 0.2) is 10.8 Å². The van der Waals surface area contributed by atoms with Crippen molar-refractivity contribution < 1.29 is 14.3 Å². The molecule has 0 aliphatic rings. The number of hydrazine groups is 1.